The number of carbonyl (C=O) groups is 1. The third kappa shape index (κ3) is 2.14. The Morgan fingerprint density at radius 1 is 1.35 bits per heavy atom. The van der Waals surface area contributed by atoms with Crippen LogP contribution in [0.4, 0.5) is 13.2 Å². The van der Waals surface area contributed by atoms with E-state index >= 15 is 0 Å². The first-order chi connectivity index (χ1) is 12.3. The van der Waals surface area contributed by atoms with Crippen molar-refractivity contribution in [2.45, 2.75) is 24.9 Å². The van der Waals surface area contributed by atoms with E-state index in [-0.39, 0.29) is 12.5 Å². The number of hydrogen-bond donors (Lipinski definition) is 1. The van der Waals surface area contributed by atoms with Crippen molar-refractivity contribution in [1.29, 1.82) is 0 Å². The maximum Gasteiger partial charge on any atom is 0.416 e. The standard InChI is InChI=1S/C18H17F3N4O/c1-3-17(10-5-4-6-11(7-10)18(19,20)21)12-8-22-24-15(12)23-13-9-25(2)16(26)14(13)17/h4-7,23H,3,8-9H2,1-2H3/t17-/m1/s1. The Balaban J connectivity index is 1.97. The third-order valence-corrected chi connectivity index (χ3v) is 5.37. The van der Waals surface area contributed by atoms with Crippen LogP contribution in [0.2, 0.25) is 0 Å². The first-order valence-electron chi connectivity index (χ1n) is 8.34. The van der Waals surface area contributed by atoms with E-state index in [9.17, 15) is 18.0 Å². The number of likely N-dealkylation sites (N-methyl/N-ethyl adjacent to an activating group) is 1. The fourth-order valence-electron chi connectivity index (χ4n) is 4.17. The van der Waals surface area contributed by atoms with Crippen molar-refractivity contribution in [3.05, 3.63) is 58.1 Å². The summed E-state index contributed by atoms with van der Waals surface area (Å²) < 4.78 is 39.9. The van der Waals surface area contributed by atoms with Gasteiger partial charge in [0.05, 0.1) is 29.6 Å². The van der Waals surface area contributed by atoms with E-state index in [4.69, 9.17) is 0 Å². The Morgan fingerprint density at radius 3 is 2.81 bits per heavy atom. The van der Waals surface area contributed by atoms with Crippen LogP contribution in [0, 0.1) is 0 Å². The van der Waals surface area contributed by atoms with Crippen LogP contribution in [0.15, 0.2) is 57.2 Å². The summed E-state index contributed by atoms with van der Waals surface area (Å²) in [5.74, 6) is 0.372. The number of nitrogens with one attached hydrogen (secondary N) is 1. The average molecular weight is 362 g/mol. The lowest BCUT2D eigenvalue weighted by Crippen LogP contribution is -2.41. The first-order valence-corrected chi connectivity index (χ1v) is 8.34. The molecule has 0 spiro atoms. The zero-order valence-electron chi connectivity index (χ0n) is 14.3. The Morgan fingerprint density at radius 2 is 2.12 bits per heavy atom. The molecule has 0 bridgehead atoms. The number of carbonyl (C=O) groups excluding carboxylic acids is 1. The number of rotatable bonds is 2. The summed E-state index contributed by atoms with van der Waals surface area (Å²) in [5, 5.41) is 11.3. The largest absolute Gasteiger partial charge is 0.416 e. The molecule has 0 radical (unpaired) electrons. The number of nitrogens with zero attached hydrogens (tertiary/aromatic N) is 3. The predicted octanol–water partition coefficient (Wildman–Crippen LogP) is 3.36. The quantitative estimate of drug-likeness (QED) is 0.877. The van der Waals surface area contributed by atoms with Gasteiger partial charge in [0.15, 0.2) is 5.82 Å². The molecule has 3 heterocycles. The van der Waals surface area contributed by atoms with E-state index in [1.807, 2.05) is 6.92 Å². The van der Waals surface area contributed by atoms with E-state index in [1.165, 1.54) is 6.07 Å². The second-order valence-electron chi connectivity index (χ2n) is 6.70. The van der Waals surface area contributed by atoms with Crippen molar-refractivity contribution < 1.29 is 18.0 Å². The summed E-state index contributed by atoms with van der Waals surface area (Å²) >= 11 is 0. The van der Waals surface area contributed by atoms with Crippen LogP contribution in [0.5, 0.6) is 0 Å². The summed E-state index contributed by atoms with van der Waals surface area (Å²) in [6.07, 6.45) is -4.01. The molecule has 0 aliphatic carbocycles. The monoisotopic (exact) mass is 362 g/mol. The van der Waals surface area contributed by atoms with Gasteiger partial charge < -0.3 is 10.2 Å². The molecule has 1 atom stereocenters. The number of benzene rings is 1. The second kappa shape index (κ2) is 5.43. The van der Waals surface area contributed by atoms with Crippen LogP contribution in [0.1, 0.15) is 24.5 Å². The van der Waals surface area contributed by atoms with E-state index in [0.717, 1.165) is 17.7 Å². The Kier molecular flexibility index (Phi) is 3.51. The second-order valence-corrected chi connectivity index (χ2v) is 6.70. The van der Waals surface area contributed by atoms with Crippen molar-refractivity contribution >= 4 is 5.91 Å². The van der Waals surface area contributed by atoms with Gasteiger partial charge in [-0.15, -0.1) is 5.11 Å². The molecule has 1 aromatic rings. The molecule has 5 nitrogen and oxygen atoms in total. The molecule has 8 heteroatoms. The maximum absolute atomic E-state index is 13.3. The fourth-order valence-corrected chi connectivity index (χ4v) is 4.17. The predicted molar refractivity (Wildman–Crippen MR) is 88.0 cm³/mol. The van der Waals surface area contributed by atoms with Crippen LogP contribution < -0.4 is 5.32 Å². The Hall–Kier alpha value is -2.64. The molecule has 0 aromatic heterocycles. The first kappa shape index (κ1) is 16.8. The Bertz CT molecular complexity index is 900. The minimum absolute atomic E-state index is 0.176. The summed E-state index contributed by atoms with van der Waals surface area (Å²) in [4.78, 5) is 14.4. The van der Waals surface area contributed by atoms with E-state index < -0.39 is 17.2 Å². The number of hydrogen-bond acceptors (Lipinski definition) is 4. The molecular weight excluding hydrogens is 345 g/mol. The van der Waals surface area contributed by atoms with Crippen LogP contribution >= 0.6 is 0 Å². The van der Waals surface area contributed by atoms with Gasteiger partial charge in [-0.05, 0) is 18.1 Å². The highest BCUT2D eigenvalue weighted by molar-refractivity contribution is 6.01. The fraction of sp³-hybridized carbons (Fsp3) is 0.389. The molecule has 3 aliphatic heterocycles. The van der Waals surface area contributed by atoms with E-state index in [2.05, 4.69) is 15.5 Å². The van der Waals surface area contributed by atoms with Crippen LogP contribution in [-0.4, -0.2) is 30.9 Å². The molecule has 3 aliphatic rings. The lowest BCUT2D eigenvalue weighted by molar-refractivity contribution is -0.137. The van der Waals surface area contributed by atoms with Gasteiger partial charge in [0.2, 0.25) is 0 Å². The molecule has 0 saturated heterocycles. The topological polar surface area (TPSA) is 57.1 Å². The van der Waals surface area contributed by atoms with Crippen molar-refractivity contribution in [2.75, 3.05) is 20.1 Å². The van der Waals surface area contributed by atoms with E-state index in [1.54, 1.807) is 18.0 Å². The SMILES string of the molecule is CC[C@@]1(c2cccc(C(F)(F)F)c2)C2=C(N=NC2)NC2=C1C(=O)N(C)C2. The number of halogens is 3. The van der Waals surface area contributed by atoms with Crippen molar-refractivity contribution in [2.24, 2.45) is 10.2 Å². The Labute approximate surface area is 148 Å². The highest BCUT2D eigenvalue weighted by atomic mass is 19.4. The number of dihydropyridines is 1. The van der Waals surface area contributed by atoms with Crippen LogP contribution in [-0.2, 0) is 16.4 Å². The molecule has 0 saturated carbocycles. The molecule has 4 rings (SSSR count). The molecule has 1 N–H and O–H groups in total. The van der Waals surface area contributed by atoms with Crippen molar-refractivity contribution in [3.8, 4) is 0 Å². The smallest absolute Gasteiger partial charge is 0.340 e. The maximum atomic E-state index is 13.3. The summed E-state index contributed by atoms with van der Waals surface area (Å²) in [5.41, 5.74) is 0.720. The van der Waals surface area contributed by atoms with Crippen molar-refractivity contribution in [1.82, 2.24) is 10.2 Å². The lowest BCUT2D eigenvalue weighted by Gasteiger charge is -2.39. The zero-order valence-corrected chi connectivity index (χ0v) is 14.3. The molecular formula is C18H17F3N4O. The summed E-state index contributed by atoms with van der Waals surface area (Å²) in [6.45, 7) is 2.52. The molecule has 0 fully saturated rings. The number of azo groups is 1. The minimum Gasteiger partial charge on any atom is -0.340 e. The van der Waals surface area contributed by atoms with Gasteiger partial charge in [-0.2, -0.15) is 18.3 Å². The van der Waals surface area contributed by atoms with Gasteiger partial charge in [0.1, 0.15) is 0 Å². The van der Waals surface area contributed by atoms with Gasteiger partial charge in [-0.3, -0.25) is 4.79 Å². The number of amides is 1. The normalized spacial score (nSPS) is 25.0. The van der Waals surface area contributed by atoms with Crippen LogP contribution in [0.25, 0.3) is 0 Å². The molecule has 26 heavy (non-hydrogen) atoms. The molecule has 1 aromatic carbocycles. The van der Waals surface area contributed by atoms with Gasteiger partial charge in [0.25, 0.3) is 5.91 Å². The third-order valence-electron chi connectivity index (χ3n) is 5.37. The van der Waals surface area contributed by atoms with Crippen LogP contribution in [0.3, 0.4) is 0 Å². The molecule has 136 valence electrons. The van der Waals surface area contributed by atoms with Gasteiger partial charge in [-0.25, -0.2) is 0 Å². The van der Waals surface area contributed by atoms with Gasteiger partial charge in [0, 0.05) is 18.3 Å². The van der Waals surface area contributed by atoms with Crippen molar-refractivity contribution in [3.63, 3.8) is 0 Å². The van der Waals surface area contributed by atoms with Gasteiger partial charge in [-0.1, -0.05) is 25.1 Å². The highest BCUT2D eigenvalue weighted by Gasteiger charge is 2.52. The molecule has 0 unspecified atom stereocenters. The number of alkyl halides is 3. The van der Waals surface area contributed by atoms with Gasteiger partial charge >= 0.3 is 6.18 Å². The molecule has 1 amide bonds. The minimum atomic E-state index is -4.45. The lowest BCUT2D eigenvalue weighted by atomic mass is 9.65. The van der Waals surface area contributed by atoms with E-state index in [0.29, 0.717) is 35.6 Å². The highest BCUT2D eigenvalue weighted by Crippen LogP contribution is 2.51. The summed E-state index contributed by atoms with van der Waals surface area (Å²) in [7, 11) is 1.68. The average Bonchev–Trinajstić information content (AvgIpc) is 3.18. The zero-order chi connectivity index (χ0) is 18.7. The summed E-state index contributed by atoms with van der Waals surface area (Å²) in [6, 6.07) is 5.24.